The van der Waals surface area contributed by atoms with Crippen LogP contribution in [0.5, 0.6) is 0 Å². The Kier molecular flexibility index (Phi) is 1.18. The second-order valence-corrected chi connectivity index (χ2v) is 2.60. The molecule has 2 aromatic heterocycles. The molecule has 2 aromatic rings. The summed E-state index contributed by atoms with van der Waals surface area (Å²) in [4.78, 5) is 8.43. The molecule has 56 valence electrons. The van der Waals surface area contributed by atoms with Gasteiger partial charge in [-0.3, -0.25) is 4.40 Å². The maximum atomic E-state index is 4.30. The molecule has 3 nitrogen and oxygen atoms in total. The zero-order valence-corrected chi connectivity index (χ0v) is 6.57. The highest BCUT2D eigenvalue weighted by Gasteiger charge is 1.97. The van der Waals surface area contributed by atoms with Crippen LogP contribution in [-0.4, -0.2) is 14.4 Å². The van der Waals surface area contributed by atoms with Crippen molar-refractivity contribution in [3.05, 3.63) is 30.0 Å². The molecule has 0 aliphatic carbocycles. The molecule has 0 aromatic carbocycles. The number of nitrogens with zero attached hydrogens (tertiary/aromatic N) is 3. The lowest BCUT2D eigenvalue weighted by molar-refractivity contribution is 1.01. The van der Waals surface area contributed by atoms with Gasteiger partial charge < -0.3 is 0 Å². The first-order valence-electron chi connectivity index (χ1n) is 3.55. The Labute approximate surface area is 64.7 Å². The van der Waals surface area contributed by atoms with Crippen LogP contribution in [0.4, 0.5) is 0 Å². The van der Waals surface area contributed by atoms with E-state index in [1.807, 2.05) is 30.5 Å². The van der Waals surface area contributed by atoms with Crippen LogP contribution in [0.2, 0.25) is 0 Å². The molecule has 11 heavy (non-hydrogen) atoms. The summed E-state index contributed by atoms with van der Waals surface area (Å²) in [6.45, 7) is 3.94. The number of hydrogen-bond donors (Lipinski definition) is 0. The van der Waals surface area contributed by atoms with Gasteiger partial charge in [-0.15, -0.1) is 0 Å². The molecular formula is C8H9N3. The van der Waals surface area contributed by atoms with E-state index in [0.29, 0.717) is 0 Å². The van der Waals surface area contributed by atoms with Crippen LogP contribution >= 0.6 is 0 Å². The van der Waals surface area contributed by atoms with Crippen molar-refractivity contribution in [2.75, 3.05) is 0 Å². The molecule has 0 spiro atoms. The molecule has 3 heteroatoms. The maximum absolute atomic E-state index is 4.30. The van der Waals surface area contributed by atoms with Crippen molar-refractivity contribution in [2.45, 2.75) is 13.8 Å². The van der Waals surface area contributed by atoms with Crippen LogP contribution in [0.25, 0.3) is 5.65 Å². The molecule has 0 N–H and O–H groups in total. The van der Waals surface area contributed by atoms with Gasteiger partial charge in [-0.1, -0.05) is 0 Å². The Morgan fingerprint density at radius 1 is 1.36 bits per heavy atom. The highest BCUT2D eigenvalue weighted by atomic mass is 15.1. The van der Waals surface area contributed by atoms with Crippen molar-refractivity contribution in [3.8, 4) is 0 Å². The third-order valence-electron chi connectivity index (χ3n) is 1.72. The first-order valence-corrected chi connectivity index (χ1v) is 3.55. The Morgan fingerprint density at radius 3 is 3.00 bits per heavy atom. The van der Waals surface area contributed by atoms with E-state index in [2.05, 4.69) is 9.97 Å². The summed E-state index contributed by atoms with van der Waals surface area (Å²) < 4.78 is 1.97. The average molecular weight is 147 g/mol. The Balaban J connectivity index is 2.86. The van der Waals surface area contributed by atoms with Gasteiger partial charge in [0.25, 0.3) is 0 Å². The fraction of sp³-hybridized carbons (Fsp3) is 0.250. The summed E-state index contributed by atoms with van der Waals surface area (Å²) in [6.07, 6.45) is 3.77. The minimum atomic E-state index is 0.919. The highest BCUT2D eigenvalue weighted by Crippen LogP contribution is 2.03. The van der Waals surface area contributed by atoms with Crippen molar-refractivity contribution in [1.29, 1.82) is 0 Å². The maximum Gasteiger partial charge on any atom is 0.156 e. The van der Waals surface area contributed by atoms with Gasteiger partial charge in [0.15, 0.2) is 5.65 Å². The van der Waals surface area contributed by atoms with Crippen LogP contribution in [0.15, 0.2) is 18.5 Å². The summed E-state index contributed by atoms with van der Waals surface area (Å²) in [5, 5.41) is 0. The van der Waals surface area contributed by atoms with Crippen LogP contribution in [-0.2, 0) is 0 Å². The van der Waals surface area contributed by atoms with Gasteiger partial charge in [-0.25, -0.2) is 9.97 Å². The van der Waals surface area contributed by atoms with Crippen molar-refractivity contribution in [2.24, 2.45) is 0 Å². The monoisotopic (exact) mass is 147 g/mol. The molecule has 0 radical (unpaired) electrons. The molecule has 0 unspecified atom stereocenters. The molecule has 0 bridgehead atoms. The molecule has 2 heterocycles. The van der Waals surface area contributed by atoms with E-state index in [0.717, 1.165) is 17.2 Å². The molecule has 0 atom stereocenters. The largest absolute Gasteiger partial charge is 0.288 e. The minimum absolute atomic E-state index is 0.919. The molecule has 0 aliphatic heterocycles. The van der Waals surface area contributed by atoms with Gasteiger partial charge in [-0.2, -0.15) is 0 Å². The SMILES string of the molecule is Cc1ccn2c(C)ncc2n1. The normalized spacial score (nSPS) is 10.7. The number of aryl methyl sites for hydroxylation is 2. The fourth-order valence-corrected chi connectivity index (χ4v) is 1.11. The smallest absolute Gasteiger partial charge is 0.156 e. The third kappa shape index (κ3) is 0.888. The van der Waals surface area contributed by atoms with Gasteiger partial charge in [0.1, 0.15) is 5.82 Å². The second-order valence-electron chi connectivity index (χ2n) is 2.60. The summed E-state index contributed by atoms with van der Waals surface area (Å²) >= 11 is 0. The standard InChI is InChI=1S/C8H9N3/c1-6-3-4-11-7(2)9-5-8(11)10-6/h3-5H,1-2H3. The van der Waals surface area contributed by atoms with Gasteiger partial charge in [0.05, 0.1) is 6.20 Å². The highest BCUT2D eigenvalue weighted by molar-refractivity contribution is 5.37. The number of aromatic nitrogens is 3. The topological polar surface area (TPSA) is 30.2 Å². The van der Waals surface area contributed by atoms with E-state index in [1.54, 1.807) is 6.20 Å². The third-order valence-corrected chi connectivity index (χ3v) is 1.72. The van der Waals surface area contributed by atoms with Crippen LogP contribution in [0, 0.1) is 13.8 Å². The summed E-state index contributed by atoms with van der Waals surface area (Å²) in [7, 11) is 0. The van der Waals surface area contributed by atoms with Crippen molar-refractivity contribution >= 4 is 5.65 Å². The Bertz CT molecular complexity index is 389. The number of fused-ring (bicyclic) bond motifs is 1. The number of hydrogen-bond acceptors (Lipinski definition) is 2. The van der Waals surface area contributed by atoms with Gasteiger partial charge in [-0.05, 0) is 19.9 Å². The fourth-order valence-electron chi connectivity index (χ4n) is 1.11. The van der Waals surface area contributed by atoms with Gasteiger partial charge in [0, 0.05) is 11.9 Å². The summed E-state index contributed by atoms with van der Waals surface area (Å²) in [6, 6.07) is 1.97. The van der Waals surface area contributed by atoms with Gasteiger partial charge >= 0.3 is 0 Å². The lowest BCUT2D eigenvalue weighted by atomic mass is 10.4. The quantitative estimate of drug-likeness (QED) is 0.563. The average Bonchev–Trinajstić information content (AvgIpc) is 2.32. The van der Waals surface area contributed by atoms with Gasteiger partial charge in [0.2, 0.25) is 0 Å². The molecule has 0 amide bonds. The molecule has 0 aliphatic rings. The predicted molar refractivity (Wildman–Crippen MR) is 42.5 cm³/mol. The van der Waals surface area contributed by atoms with Crippen molar-refractivity contribution in [3.63, 3.8) is 0 Å². The van der Waals surface area contributed by atoms with E-state index in [4.69, 9.17) is 0 Å². The molecule has 0 saturated heterocycles. The lowest BCUT2D eigenvalue weighted by Crippen LogP contribution is -1.90. The molecule has 2 rings (SSSR count). The zero-order valence-electron chi connectivity index (χ0n) is 6.57. The second kappa shape index (κ2) is 2.05. The first-order chi connectivity index (χ1) is 5.27. The number of imidazole rings is 1. The zero-order chi connectivity index (χ0) is 7.84. The van der Waals surface area contributed by atoms with Crippen LogP contribution < -0.4 is 0 Å². The van der Waals surface area contributed by atoms with E-state index in [9.17, 15) is 0 Å². The van der Waals surface area contributed by atoms with Crippen LogP contribution in [0.3, 0.4) is 0 Å². The lowest BCUT2D eigenvalue weighted by Gasteiger charge is -1.95. The first kappa shape index (κ1) is 6.34. The van der Waals surface area contributed by atoms with Crippen LogP contribution in [0.1, 0.15) is 11.5 Å². The van der Waals surface area contributed by atoms with Crippen molar-refractivity contribution in [1.82, 2.24) is 14.4 Å². The van der Waals surface area contributed by atoms with Crippen molar-refractivity contribution < 1.29 is 0 Å². The molecule has 0 saturated carbocycles. The summed E-state index contributed by atoms with van der Waals surface area (Å²) in [5.41, 5.74) is 1.94. The van der Waals surface area contributed by atoms with E-state index in [1.165, 1.54) is 0 Å². The number of rotatable bonds is 0. The minimum Gasteiger partial charge on any atom is -0.288 e. The molecular weight excluding hydrogens is 138 g/mol. The Morgan fingerprint density at radius 2 is 2.18 bits per heavy atom. The Hall–Kier alpha value is -1.38. The predicted octanol–water partition coefficient (Wildman–Crippen LogP) is 1.35. The van der Waals surface area contributed by atoms with E-state index >= 15 is 0 Å². The summed E-state index contributed by atoms with van der Waals surface area (Å²) in [5.74, 6) is 0.979. The van der Waals surface area contributed by atoms with E-state index < -0.39 is 0 Å². The molecule has 0 fully saturated rings. The van der Waals surface area contributed by atoms with E-state index in [-0.39, 0.29) is 0 Å².